The van der Waals surface area contributed by atoms with Gasteiger partial charge in [-0.1, -0.05) is 19.1 Å². The molecule has 1 heterocycles. The topological polar surface area (TPSA) is 41.6 Å². The highest BCUT2D eigenvalue weighted by Gasteiger charge is 2.16. The fourth-order valence-electron chi connectivity index (χ4n) is 3.05. The lowest BCUT2D eigenvalue weighted by molar-refractivity contribution is 0.102. The molecule has 2 aromatic carbocycles. The predicted molar refractivity (Wildman–Crippen MR) is 98.0 cm³/mol. The molecule has 4 nitrogen and oxygen atoms in total. The first-order valence-electron chi connectivity index (χ1n) is 8.47. The number of para-hydroxylation sites is 1. The van der Waals surface area contributed by atoms with Crippen LogP contribution in [0.15, 0.2) is 48.5 Å². The van der Waals surface area contributed by atoms with E-state index >= 15 is 0 Å². The molecule has 0 bridgehead atoms. The molecule has 0 radical (unpaired) electrons. The third kappa shape index (κ3) is 3.70. The highest BCUT2D eigenvalue weighted by atomic mass is 16.5. The molecule has 2 aromatic rings. The van der Waals surface area contributed by atoms with E-state index in [1.54, 1.807) is 19.2 Å². The molecule has 1 saturated heterocycles. The van der Waals surface area contributed by atoms with Gasteiger partial charge in [0, 0.05) is 24.5 Å². The van der Waals surface area contributed by atoms with Gasteiger partial charge in [-0.05, 0) is 55.2 Å². The van der Waals surface area contributed by atoms with Crippen LogP contribution in [0.4, 0.5) is 11.4 Å². The van der Waals surface area contributed by atoms with Gasteiger partial charge in [-0.2, -0.15) is 0 Å². The SMILES string of the molecule is COc1ccccc1C(=O)Nc1ccc(N2CCC(C)CC2)cc1. The quantitative estimate of drug-likeness (QED) is 0.917. The van der Waals surface area contributed by atoms with Gasteiger partial charge in [0.15, 0.2) is 0 Å². The van der Waals surface area contributed by atoms with Crippen molar-refractivity contribution in [3.8, 4) is 5.75 Å². The first-order chi connectivity index (χ1) is 11.7. The van der Waals surface area contributed by atoms with Crippen LogP contribution in [-0.2, 0) is 0 Å². The lowest BCUT2D eigenvalue weighted by Crippen LogP contribution is -2.32. The molecule has 1 amide bonds. The van der Waals surface area contributed by atoms with Crippen molar-refractivity contribution < 1.29 is 9.53 Å². The Balaban J connectivity index is 1.67. The van der Waals surface area contributed by atoms with Crippen LogP contribution in [0.1, 0.15) is 30.1 Å². The molecule has 1 aliphatic rings. The maximum absolute atomic E-state index is 12.4. The summed E-state index contributed by atoms with van der Waals surface area (Å²) in [5.41, 5.74) is 2.55. The second kappa shape index (κ2) is 7.39. The van der Waals surface area contributed by atoms with Gasteiger partial charge in [0.25, 0.3) is 5.91 Å². The Bertz CT molecular complexity index is 689. The minimum absolute atomic E-state index is 0.160. The lowest BCUT2D eigenvalue weighted by Gasteiger charge is -2.32. The van der Waals surface area contributed by atoms with Gasteiger partial charge in [-0.15, -0.1) is 0 Å². The van der Waals surface area contributed by atoms with Crippen molar-refractivity contribution >= 4 is 17.3 Å². The zero-order chi connectivity index (χ0) is 16.9. The summed E-state index contributed by atoms with van der Waals surface area (Å²) in [6.07, 6.45) is 2.48. The van der Waals surface area contributed by atoms with Crippen molar-refractivity contribution in [2.75, 3.05) is 30.4 Å². The maximum atomic E-state index is 12.4. The average Bonchev–Trinajstić information content (AvgIpc) is 2.63. The highest BCUT2D eigenvalue weighted by Crippen LogP contribution is 2.25. The van der Waals surface area contributed by atoms with Crippen LogP contribution in [0.2, 0.25) is 0 Å². The Labute approximate surface area is 143 Å². The minimum Gasteiger partial charge on any atom is -0.496 e. The van der Waals surface area contributed by atoms with E-state index in [0.717, 1.165) is 24.7 Å². The van der Waals surface area contributed by atoms with Crippen molar-refractivity contribution in [3.05, 3.63) is 54.1 Å². The molecular formula is C20H24N2O2. The van der Waals surface area contributed by atoms with E-state index in [-0.39, 0.29) is 5.91 Å². The Morgan fingerprint density at radius 2 is 1.75 bits per heavy atom. The first kappa shape index (κ1) is 16.4. The summed E-state index contributed by atoms with van der Waals surface area (Å²) >= 11 is 0. The van der Waals surface area contributed by atoms with Crippen LogP contribution >= 0.6 is 0 Å². The Hall–Kier alpha value is -2.49. The zero-order valence-electron chi connectivity index (χ0n) is 14.3. The maximum Gasteiger partial charge on any atom is 0.259 e. The Morgan fingerprint density at radius 1 is 1.08 bits per heavy atom. The minimum atomic E-state index is -0.160. The van der Waals surface area contributed by atoms with E-state index in [1.165, 1.54) is 18.5 Å². The van der Waals surface area contributed by atoms with Gasteiger partial charge < -0.3 is 15.0 Å². The molecule has 126 valence electrons. The molecule has 1 N–H and O–H groups in total. The number of rotatable bonds is 4. The number of carbonyl (C=O) groups is 1. The number of nitrogens with zero attached hydrogens (tertiary/aromatic N) is 1. The van der Waals surface area contributed by atoms with Crippen LogP contribution in [0, 0.1) is 5.92 Å². The monoisotopic (exact) mass is 324 g/mol. The summed E-state index contributed by atoms with van der Waals surface area (Å²) in [4.78, 5) is 14.8. The number of ether oxygens (including phenoxy) is 1. The van der Waals surface area contributed by atoms with Crippen molar-refractivity contribution in [1.29, 1.82) is 0 Å². The van der Waals surface area contributed by atoms with E-state index in [9.17, 15) is 4.79 Å². The van der Waals surface area contributed by atoms with Gasteiger partial charge in [-0.25, -0.2) is 0 Å². The fourth-order valence-corrected chi connectivity index (χ4v) is 3.05. The van der Waals surface area contributed by atoms with Crippen molar-refractivity contribution in [2.45, 2.75) is 19.8 Å². The lowest BCUT2D eigenvalue weighted by atomic mass is 9.99. The smallest absolute Gasteiger partial charge is 0.259 e. The number of methoxy groups -OCH3 is 1. The zero-order valence-corrected chi connectivity index (χ0v) is 14.3. The van der Waals surface area contributed by atoms with Crippen LogP contribution in [-0.4, -0.2) is 26.1 Å². The molecule has 1 fully saturated rings. The van der Waals surface area contributed by atoms with Crippen LogP contribution in [0.5, 0.6) is 5.75 Å². The van der Waals surface area contributed by atoms with E-state index in [4.69, 9.17) is 4.74 Å². The number of carbonyl (C=O) groups excluding carboxylic acids is 1. The third-order valence-corrected chi connectivity index (χ3v) is 4.63. The number of hydrogen-bond donors (Lipinski definition) is 1. The van der Waals surface area contributed by atoms with Gasteiger partial charge in [0.05, 0.1) is 12.7 Å². The molecule has 3 rings (SSSR count). The molecular weight excluding hydrogens is 300 g/mol. The van der Waals surface area contributed by atoms with Gasteiger partial charge in [0.1, 0.15) is 5.75 Å². The molecule has 0 aliphatic carbocycles. The number of anilines is 2. The summed E-state index contributed by atoms with van der Waals surface area (Å²) in [6.45, 7) is 4.52. The molecule has 0 atom stereocenters. The average molecular weight is 324 g/mol. The molecule has 0 unspecified atom stereocenters. The second-order valence-electron chi connectivity index (χ2n) is 6.37. The normalized spacial score (nSPS) is 15.2. The van der Waals surface area contributed by atoms with Crippen molar-refractivity contribution in [2.24, 2.45) is 5.92 Å². The van der Waals surface area contributed by atoms with Crippen LogP contribution in [0.25, 0.3) is 0 Å². The largest absolute Gasteiger partial charge is 0.496 e. The fraction of sp³-hybridized carbons (Fsp3) is 0.350. The molecule has 0 aromatic heterocycles. The molecule has 1 aliphatic heterocycles. The Kier molecular flexibility index (Phi) is 5.04. The van der Waals surface area contributed by atoms with Gasteiger partial charge in [-0.3, -0.25) is 4.79 Å². The molecule has 24 heavy (non-hydrogen) atoms. The Morgan fingerprint density at radius 3 is 2.42 bits per heavy atom. The van der Waals surface area contributed by atoms with E-state index in [2.05, 4.69) is 29.3 Å². The summed E-state index contributed by atoms with van der Waals surface area (Å²) in [7, 11) is 1.57. The number of amides is 1. The van der Waals surface area contributed by atoms with E-state index in [1.807, 2.05) is 24.3 Å². The van der Waals surface area contributed by atoms with Gasteiger partial charge >= 0.3 is 0 Å². The number of piperidine rings is 1. The van der Waals surface area contributed by atoms with Crippen LogP contribution < -0.4 is 15.0 Å². The molecule has 4 heteroatoms. The van der Waals surface area contributed by atoms with E-state index < -0.39 is 0 Å². The highest BCUT2D eigenvalue weighted by molar-refractivity contribution is 6.06. The van der Waals surface area contributed by atoms with Crippen LogP contribution in [0.3, 0.4) is 0 Å². The van der Waals surface area contributed by atoms with Gasteiger partial charge in [0.2, 0.25) is 0 Å². The van der Waals surface area contributed by atoms with Crippen molar-refractivity contribution in [1.82, 2.24) is 0 Å². The third-order valence-electron chi connectivity index (χ3n) is 4.63. The predicted octanol–water partition coefficient (Wildman–Crippen LogP) is 4.18. The van der Waals surface area contributed by atoms with Crippen molar-refractivity contribution in [3.63, 3.8) is 0 Å². The summed E-state index contributed by atoms with van der Waals surface area (Å²) in [6, 6.07) is 15.3. The molecule has 0 spiro atoms. The first-order valence-corrected chi connectivity index (χ1v) is 8.47. The summed E-state index contributed by atoms with van der Waals surface area (Å²) < 4.78 is 5.24. The number of hydrogen-bond acceptors (Lipinski definition) is 3. The summed E-state index contributed by atoms with van der Waals surface area (Å²) in [5, 5.41) is 2.93. The second-order valence-corrected chi connectivity index (χ2v) is 6.37. The standard InChI is InChI=1S/C20H24N2O2/c1-15-11-13-22(14-12-15)17-9-7-16(8-10-17)21-20(23)18-5-3-4-6-19(18)24-2/h3-10,15H,11-14H2,1-2H3,(H,21,23). The number of benzene rings is 2. The molecule has 0 saturated carbocycles. The summed E-state index contributed by atoms with van der Waals surface area (Å²) in [5.74, 6) is 1.24. The number of nitrogens with one attached hydrogen (secondary N) is 1. The van der Waals surface area contributed by atoms with E-state index in [0.29, 0.717) is 11.3 Å².